The zero-order chi connectivity index (χ0) is 21.3. The van der Waals surface area contributed by atoms with Crippen molar-refractivity contribution in [2.24, 2.45) is 0 Å². The van der Waals surface area contributed by atoms with Crippen molar-refractivity contribution < 1.29 is 14.6 Å². The number of para-hydroxylation sites is 1. The Kier molecular flexibility index (Phi) is 5.97. The van der Waals surface area contributed by atoms with Crippen molar-refractivity contribution in [2.75, 3.05) is 23.4 Å². The molecule has 10 heteroatoms. The second-order valence-corrected chi connectivity index (χ2v) is 7.58. The van der Waals surface area contributed by atoms with Crippen LogP contribution >= 0.6 is 34.8 Å². The average Bonchev–Trinajstić information content (AvgIpc) is 2.75. The molecular weight excluding hydrogens is 451 g/mol. The van der Waals surface area contributed by atoms with Crippen LogP contribution in [0.5, 0.6) is 5.75 Å². The zero-order valence-corrected chi connectivity index (χ0v) is 17.7. The number of rotatable bonds is 4. The molecule has 1 aliphatic rings. The summed E-state index contributed by atoms with van der Waals surface area (Å²) in [7, 11) is 0. The first-order chi connectivity index (χ1) is 14.5. The Morgan fingerprint density at radius 3 is 2.73 bits per heavy atom. The number of hydrogen-bond acceptors (Lipinski definition) is 6. The molecule has 30 heavy (non-hydrogen) atoms. The molecule has 3 aromatic rings. The van der Waals surface area contributed by atoms with Crippen LogP contribution in [-0.4, -0.2) is 34.1 Å². The molecule has 0 saturated heterocycles. The van der Waals surface area contributed by atoms with Crippen LogP contribution in [0, 0.1) is 0 Å². The molecule has 0 saturated carbocycles. The summed E-state index contributed by atoms with van der Waals surface area (Å²) in [6.45, 7) is 0.686. The number of nitrogens with one attached hydrogen (secondary N) is 1. The Bertz CT molecular complexity index is 1130. The minimum absolute atomic E-state index is 0.152. The molecule has 1 amide bonds. The summed E-state index contributed by atoms with van der Waals surface area (Å²) in [5.41, 5.74) is 2.02. The summed E-state index contributed by atoms with van der Waals surface area (Å²) < 4.78 is 5.82. The fraction of sp³-hybridized carbons (Fsp3) is 0.150. The highest BCUT2D eigenvalue weighted by molar-refractivity contribution is 6.41. The molecule has 2 aromatic heterocycles. The van der Waals surface area contributed by atoms with E-state index < -0.39 is 0 Å². The maximum atomic E-state index is 12.9. The molecule has 7 nitrogen and oxygen atoms in total. The molecule has 0 fully saturated rings. The number of aliphatic hydroxyl groups is 1. The lowest BCUT2D eigenvalue weighted by Crippen LogP contribution is -2.31. The number of benzene rings is 1. The van der Waals surface area contributed by atoms with Gasteiger partial charge in [0.2, 0.25) is 0 Å². The number of anilines is 3. The van der Waals surface area contributed by atoms with Crippen LogP contribution in [-0.2, 0) is 6.61 Å². The molecule has 0 atom stereocenters. The van der Waals surface area contributed by atoms with Crippen LogP contribution in [0.2, 0.25) is 15.2 Å². The van der Waals surface area contributed by atoms with E-state index in [0.29, 0.717) is 52.2 Å². The maximum absolute atomic E-state index is 12.9. The number of hydrogen-bond donors (Lipinski definition) is 2. The van der Waals surface area contributed by atoms with Gasteiger partial charge in [-0.2, -0.15) is 0 Å². The van der Waals surface area contributed by atoms with Gasteiger partial charge in [-0.3, -0.25) is 4.79 Å². The van der Waals surface area contributed by atoms with Crippen molar-refractivity contribution in [1.29, 1.82) is 0 Å². The van der Waals surface area contributed by atoms with Gasteiger partial charge < -0.3 is 20.1 Å². The van der Waals surface area contributed by atoms with Crippen molar-refractivity contribution in [2.45, 2.75) is 6.61 Å². The molecule has 1 aromatic carbocycles. The van der Waals surface area contributed by atoms with Crippen molar-refractivity contribution in [3.8, 4) is 5.75 Å². The number of fused-ring (bicyclic) bond motifs is 1. The predicted octanol–water partition coefficient (Wildman–Crippen LogP) is 4.71. The van der Waals surface area contributed by atoms with Gasteiger partial charge in [0.05, 0.1) is 46.3 Å². The van der Waals surface area contributed by atoms with Crippen LogP contribution in [0.3, 0.4) is 0 Å². The molecule has 0 radical (unpaired) electrons. The second-order valence-electron chi connectivity index (χ2n) is 6.41. The topological polar surface area (TPSA) is 87.6 Å². The molecular formula is C20H15Cl3N4O3. The number of carbonyl (C=O) groups is 1. The number of halogens is 3. The normalized spacial score (nSPS) is 12.9. The van der Waals surface area contributed by atoms with Gasteiger partial charge in [0.15, 0.2) is 11.6 Å². The van der Waals surface area contributed by atoms with Crippen LogP contribution < -0.4 is 15.0 Å². The number of aliphatic hydroxyl groups excluding tert-OH is 1. The fourth-order valence-electron chi connectivity index (χ4n) is 3.09. The van der Waals surface area contributed by atoms with E-state index in [1.165, 1.54) is 12.3 Å². The highest BCUT2D eigenvalue weighted by Gasteiger charge is 2.27. The molecule has 154 valence electrons. The van der Waals surface area contributed by atoms with Crippen molar-refractivity contribution in [3.05, 3.63) is 69.1 Å². The van der Waals surface area contributed by atoms with E-state index in [1.807, 2.05) is 11.0 Å². The van der Waals surface area contributed by atoms with E-state index in [4.69, 9.17) is 39.5 Å². The van der Waals surface area contributed by atoms with E-state index in [2.05, 4.69) is 15.3 Å². The van der Waals surface area contributed by atoms with E-state index in [9.17, 15) is 9.90 Å². The van der Waals surface area contributed by atoms with Gasteiger partial charge in [0.25, 0.3) is 5.91 Å². The lowest BCUT2D eigenvalue weighted by Gasteiger charge is -2.32. The van der Waals surface area contributed by atoms with E-state index in [1.54, 1.807) is 24.4 Å². The predicted molar refractivity (Wildman–Crippen MR) is 116 cm³/mol. The number of pyridine rings is 2. The Morgan fingerprint density at radius 2 is 2.00 bits per heavy atom. The first kappa shape index (κ1) is 20.7. The summed E-state index contributed by atoms with van der Waals surface area (Å²) in [6.07, 6.45) is 2.98. The highest BCUT2D eigenvalue weighted by atomic mass is 35.5. The quantitative estimate of drug-likeness (QED) is 0.543. The summed E-state index contributed by atoms with van der Waals surface area (Å²) in [4.78, 5) is 23.1. The number of ether oxygens (including phenoxy) is 1. The molecule has 0 aliphatic carbocycles. The van der Waals surface area contributed by atoms with Gasteiger partial charge in [0, 0.05) is 6.20 Å². The Morgan fingerprint density at radius 1 is 1.17 bits per heavy atom. The Balaban J connectivity index is 1.67. The van der Waals surface area contributed by atoms with E-state index >= 15 is 0 Å². The third-order valence-electron chi connectivity index (χ3n) is 4.46. The number of nitrogens with zero attached hydrogens (tertiary/aromatic N) is 3. The zero-order valence-electron chi connectivity index (χ0n) is 15.4. The van der Waals surface area contributed by atoms with Crippen LogP contribution in [0.4, 0.5) is 17.2 Å². The summed E-state index contributed by atoms with van der Waals surface area (Å²) in [6, 6.07) is 8.41. The highest BCUT2D eigenvalue weighted by Crippen LogP contribution is 2.40. The first-order valence-electron chi connectivity index (χ1n) is 8.89. The summed E-state index contributed by atoms with van der Waals surface area (Å²) >= 11 is 18.2. The molecule has 3 heterocycles. The second kappa shape index (κ2) is 8.65. The molecule has 0 bridgehead atoms. The maximum Gasteiger partial charge on any atom is 0.259 e. The lowest BCUT2D eigenvalue weighted by molar-refractivity contribution is 0.102. The minimum atomic E-state index is -0.386. The first-order valence-corrected chi connectivity index (χ1v) is 10.0. The van der Waals surface area contributed by atoms with Crippen LogP contribution in [0.15, 0.2) is 42.7 Å². The molecule has 2 N–H and O–H groups in total. The monoisotopic (exact) mass is 464 g/mol. The molecule has 0 unspecified atom stereocenters. The molecule has 0 spiro atoms. The fourth-order valence-corrected chi connectivity index (χ4v) is 3.65. The smallest absolute Gasteiger partial charge is 0.259 e. The number of carbonyl (C=O) groups excluding carboxylic acids is 1. The van der Waals surface area contributed by atoms with Crippen molar-refractivity contribution in [1.82, 2.24) is 9.97 Å². The van der Waals surface area contributed by atoms with Gasteiger partial charge in [-0.05, 0) is 29.8 Å². The SMILES string of the molecule is O=C(Nc1cnc(Cl)c(Cl)c1)c1cccc2c1OCCN2c1ncc(CO)cc1Cl. The molecule has 4 rings (SSSR count). The lowest BCUT2D eigenvalue weighted by atomic mass is 10.1. The summed E-state index contributed by atoms with van der Waals surface area (Å²) in [5.74, 6) is 0.548. The molecule has 1 aliphatic heterocycles. The largest absolute Gasteiger partial charge is 0.489 e. The number of aromatic nitrogens is 2. The van der Waals surface area contributed by atoms with Crippen molar-refractivity contribution >= 4 is 57.9 Å². The van der Waals surface area contributed by atoms with Gasteiger partial charge in [0.1, 0.15) is 11.8 Å². The third kappa shape index (κ3) is 4.02. The Hall–Kier alpha value is -2.58. The number of amides is 1. The average molecular weight is 466 g/mol. The van der Waals surface area contributed by atoms with Crippen LogP contribution in [0.25, 0.3) is 0 Å². The summed E-state index contributed by atoms with van der Waals surface area (Å²) in [5, 5.41) is 12.8. The van der Waals surface area contributed by atoms with Crippen LogP contribution in [0.1, 0.15) is 15.9 Å². The van der Waals surface area contributed by atoms with Gasteiger partial charge >= 0.3 is 0 Å². The third-order valence-corrected chi connectivity index (χ3v) is 5.43. The minimum Gasteiger partial charge on any atom is -0.489 e. The standard InChI is InChI=1S/C20H15Cl3N4O3/c21-14-7-12(9-24-18(14)23)26-20(29)13-2-1-3-16-17(13)30-5-4-27(16)19-15(22)6-11(10-28)8-25-19/h1-3,6-9,28H,4-5,10H2,(H,26,29). The van der Waals surface area contributed by atoms with E-state index in [-0.39, 0.29) is 22.7 Å². The van der Waals surface area contributed by atoms with Gasteiger partial charge in [-0.15, -0.1) is 0 Å². The van der Waals surface area contributed by atoms with Gasteiger partial charge in [-0.25, -0.2) is 9.97 Å². The van der Waals surface area contributed by atoms with Crippen molar-refractivity contribution in [3.63, 3.8) is 0 Å². The van der Waals surface area contributed by atoms with Gasteiger partial charge in [-0.1, -0.05) is 40.9 Å². The van der Waals surface area contributed by atoms with E-state index in [0.717, 1.165) is 0 Å². The Labute approximate surface area is 187 Å².